The number of anilines is 1. The molecular weight excluding hydrogens is 370 g/mol. The van der Waals surface area contributed by atoms with Gasteiger partial charge in [-0.2, -0.15) is 5.10 Å². The van der Waals surface area contributed by atoms with Gasteiger partial charge in [0.2, 0.25) is 0 Å². The van der Waals surface area contributed by atoms with Crippen molar-refractivity contribution in [2.45, 2.75) is 20.3 Å². The van der Waals surface area contributed by atoms with E-state index >= 15 is 0 Å². The number of nitrogens with one attached hydrogen (secondary N) is 1. The van der Waals surface area contributed by atoms with E-state index in [1.807, 2.05) is 73.3 Å². The number of nitrogens with zero attached hydrogens (tertiary/aromatic N) is 2. The van der Waals surface area contributed by atoms with Crippen molar-refractivity contribution in [3.05, 3.63) is 107 Å². The number of hydrogen-bond acceptors (Lipinski definition) is 2. The maximum absolute atomic E-state index is 12.6. The minimum Gasteiger partial charge on any atom is -0.322 e. The van der Waals surface area contributed by atoms with Crippen LogP contribution in [0.2, 0.25) is 0 Å². The highest BCUT2D eigenvalue weighted by atomic mass is 16.1. The minimum atomic E-state index is -0.110. The van der Waals surface area contributed by atoms with Gasteiger partial charge in [0.15, 0.2) is 0 Å². The van der Waals surface area contributed by atoms with E-state index in [0.717, 1.165) is 28.9 Å². The standard InChI is InChI=1S/C26H25N3O/c1-18-25(19(2)29(3)28-18)17-20-9-15-24(16-10-20)27-26(30)23-13-11-22(12-14-23)21-7-5-4-6-8-21/h4-16H,17H2,1-3H3,(H,27,30). The Morgan fingerprint density at radius 3 is 2.10 bits per heavy atom. The summed E-state index contributed by atoms with van der Waals surface area (Å²) < 4.78 is 1.92. The molecule has 4 heteroatoms. The van der Waals surface area contributed by atoms with Crippen LogP contribution >= 0.6 is 0 Å². The van der Waals surface area contributed by atoms with Gasteiger partial charge in [0.05, 0.1) is 5.69 Å². The Labute approximate surface area is 177 Å². The molecule has 4 aromatic rings. The molecule has 0 aliphatic heterocycles. The van der Waals surface area contributed by atoms with Crippen LogP contribution in [0.25, 0.3) is 11.1 Å². The Kier molecular flexibility index (Phi) is 5.48. The molecule has 3 aromatic carbocycles. The summed E-state index contributed by atoms with van der Waals surface area (Å²) in [5.41, 5.74) is 8.36. The largest absolute Gasteiger partial charge is 0.322 e. The molecule has 0 fully saturated rings. The Hall–Kier alpha value is -3.66. The van der Waals surface area contributed by atoms with Crippen LogP contribution in [0.4, 0.5) is 5.69 Å². The van der Waals surface area contributed by atoms with Gasteiger partial charge in [-0.3, -0.25) is 9.48 Å². The highest BCUT2D eigenvalue weighted by Gasteiger charge is 2.11. The van der Waals surface area contributed by atoms with Gasteiger partial charge in [0.1, 0.15) is 0 Å². The van der Waals surface area contributed by atoms with Crippen molar-refractivity contribution in [2.75, 3.05) is 5.32 Å². The average Bonchev–Trinajstić information content (AvgIpc) is 3.01. The van der Waals surface area contributed by atoms with E-state index in [0.29, 0.717) is 5.56 Å². The number of hydrogen-bond donors (Lipinski definition) is 1. The third kappa shape index (κ3) is 4.18. The lowest BCUT2D eigenvalue weighted by Crippen LogP contribution is -2.11. The van der Waals surface area contributed by atoms with Gasteiger partial charge < -0.3 is 5.32 Å². The Balaban J connectivity index is 1.42. The Bertz CT molecular complexity index is 1160. The summed E-state index contributed by atoms with van der Waals surface area (Å²) in [5.74, 6) is -0.110. The van der Waals surface area contributed by atoms with Crippen LogP contribution in [-0.2, 0) is 13.5 Å². The Morgan fingerprint density at radius 2 is 1.50 bits per heavy atom. The van der Waals surface area contributed by atoms with Crippen molar-refractivity contribution in [1.82, 2.24) is 9.78 Å². The lowest BCUT2D eigenvalue weighted by molar-refractivity contribution is 0.102. The first-order valence-corrected chi connectivity index (χ1v) is 10.1. The molecule has 30 heavy (non-hydrogen) atoms. The first-order valence-electron chi connectivity index (χ1n) is 10.1. The SMILES string of the molecule is Cc1nn(C)c(C)c1Cc1ccc(NC(=O)c2ccc(-c3ccccc3)cc2)cc1. The number of carbonyl (C=O) groups is 1. The van der Waals surface area contributed by atoms with Crippen molar-refractivity contribution in [3.8, 4) is 11.1 Å². The smallest absolute Gasteiger partial charge is 0.255 e. The zero-order valence-electron chi connectivity index (χ0n) is 17.5. The molecule has 0 aliphatic carbocycles. The Morgan fingerprint density at radius 1 is 0.867 bits per heavy atom. The summed E-state index contributed by atoms with van der Waals surface area (Å²) in [5, 5.41) is 7.46. The normalized spacial score (nSPS) is 10.8. The molecule has 0 atom stereocenters. The average molecular weight is 396 g/mol. The summed E-state index contributed by atoms with van der Waals surface area (Å²) in [6.07, 6.45) is 0.834. The van der Waals surface area contributed by atoms with Crippen LogP contribution in [-0.4, -0.2) is 15.7 Å². The summed E-state index contributed by atoms with van der Waals surface area (Å²) >= 11 is 0. The molecule has 0 bridgehead atoms. The molecule has 4 nitrogen and oxygen atoms in total. The molecule has 0 saturated carbocycles. The number of aromatic nitrogens is 2. The molecule has 150 valence electrons. The monoisotopic (exact) mass is 395 g/mol. The van der Waals surface area contributed by atoms with Crippen molar-refractivity contribution < 1.29 is 4.79 Å². The summed E-state index contributed by atoms with van der Waals surface area (Å²) in [6.45, 7) is 4.13. The zero-order chi connectivity index (χ0) is 21.1. The second kappa shape index (κ2) is 8.37. The molecule has 0 radical (unpaired) electrons. The van der Waals surface area contributed by atoms with Crippen LogP contribution in [0.3, 0.4) is 0 Å². The van der Waals surface area contributed by atoms with Gasteiger partial charge in [0, 0.05) is 36.0 Å². The van der Waals surface area contributed by atoms with Gasteiger partial charge in [-0.1, -0.05) is 54.6 Å². The van der Waals surface area contributed by atoms with E-state index < -0.39 is 0 Å². The zero-order valence-corrected chi connectivity index (χ0v) is 17.5. The van der Waals surface area contributed by atoms with Crippen LogP contribution in [0.1, 0.15) is 32.9 Å². The third-order valence-electron chi connectivity index (χ3n) is 5.51. The molecular formula is C26H25N3O. The van der Waals surface area contributed by atoms with Crippen LogP contribution in [0, 0.1) is 13.8 Å². The van der Waals surface area contributed by atoms with Crippen molar-refractivity contribution in [2.24, 2.45) is 7.05 Å². The number of aryl methyl sites for hydroxylation is 2. The van der Waals surface area contributed by atoms with Gasteiger partial charge in [-0.15, -0.1) is 0 Å². The fraction of sp³-hybridized carbons (Fsp3) is 0.154. The van der Waals surface area contributed by atoms with E-state index in [1.165, 1.54) is 16.8 Å². The second-order valence-corrected chi connectivity index (χ2v) is 7.54. The minimum absolute atomic E-state index is 0.110. The van der Waals surface area contributed by atoms with Gasteiger partial charge in [-0.25, -0.2) is 0 Å². The highest BCUT2D eigenvalue weighted by molar-refractivity contribution is 6.04. The number of carbonyl (C=O) groups excluding carboxylic acids is 1. The lowest BCUT2D eigenvalue weighted by Gasteiger charge is -2.08. The van der Waals surface area contributed by atoms with E-state index in [2.05, 4.69) is 41.6 Å². The molecule has 0 aliphatic rings. The molecule has 1 N–H and O–H groups in total. The summed E-state index contributed by atoms with van der Waals surface area (Å²) in [4.78, 5) is 12.6. The van der Waals surface area contributed by atoms with Crippen molar-refractivity contribution in [1.29, 1.82) is 0 Å². The van der Waals surface area contributed by atoms with Crippen LogP contribution in [0.15, 0.2) is 78.9 Å². The molecule has 0 spiro atoms. The number of benzene rings is 3. The fourth-order valence-electron chi connectivity index (χ4n) is 3.63. The second-order valence-electron chi connectivity index (χ2n) is 7.54. The topological polar surface area (TPSA) is 46.9 Å². The van der Waals surface area contributed by atoms with Crippen molar-refractivity contribution in [3.63, 3.8) is 0 Å². The molecule has 0 saturated heterocycles. The predicted molar refractivity (Wildman–Crippen MR) is 122 cm³/mol. The van der Waals surface area contributed by atoms with Crippen molar-refractivity contribution >= 4 is 11.6 Å². The molecule has 1 heterocycles. The predicted octanol–water partition coefficient (Wildman–Crippen LogP) is 5.55. The van der Waals surface area contributed by atoms with Gasteiger partial charge in [-0.05, 0) is 54.8 Å². The van der Waals surface area contributed by atoms with E-state index in [1.54, 1.807) is 0 Å². The third-order valence-corrected chi connectivity index (χ3v) is 5.51. The molecule has 4 rings (SSSR count). The number of rotatable bonds is 5. The van der Waals surface area contributed by atoms with Crippen LogP contribution in [0.5, 0.6) is 0 Å². The van der Waals surface area contributed by atoms with Gasteiger partial charge in [0.25, 0.3) is 5.91 Å². The summed E-state index contributed by atoms with van der Waals surface area (Å²) in [6, 6.07) is 25.8. The van der Waals surface area contributed by atoms with E-state index in [4.69, 9.17) is 0 Å². The maximum Gasteiger partial charge on any atom is 0.255 e. The first kappa shape index (κ1) is 19.6. The highest BCUT2D eigenvalue weighted by Crippen LogP contribution is 2.21. The van der Waals surface area contributed by atoms with Crippen LogP contribution < -0.4 is 5.32 Å². The lowest BCUT2D eigenvalue weighted by atomic mass is 10.0. The summed E-state index contributed by atoms with van der Waals surface area (Å²) in [7, 11) is 1.97. The molecule has 0 unspecified atom stereocenters. The van der Waals surface area contributed by atoms with E-state index in [9.17, 15) is 4.79 Å². The van der Waals surface area contributed by atoms with E-state index in [-0.39, 0.29) is 5.91 Å². The fourth-order valence-corrected chi connectivity index (χ4v) is 3.63. The molecule has 1 amide bonds. The number of amides is 1. The van der Waals surface area contributed by atoms with Gasteiger partial charge >= 0.3 is 0 Å². The maximum atomic E-state index is 12.6. The quantitative estimate of drug-likeness (QED) is 0.482. The first-order chi connectivity index (χ1) is 14.5. The molecule has 1 aromatic heterocycles.